The van der Waals surface area contributed by atoms with E-state index in [1.54, 1.807) is 11.0 Å². The molecule has 1 amide bonds. The number of amides is 1. The highest BCUT2D eigenvalue weighted by atomic mass is 16.5. The van der Waals surface area contributed by atoms with Crippen molar-refractivity contribution < 1.29 is 33.6 Å². The lowest BCUT2D eigenvalue weighted by Gasteiger charge is -2.31. The molecule has 3 heterocycles. The third-order valence-corrected chi connectivity index (χ3v) is 8.06. The Bertz CT molecular complexity index is 1320. The molecule has 2 aromatic rings. The monoisotopic (exact) mass is 578 g/mol. The molecule has 3 aliphatic heterocycles. The maximum atomic E-state index is 13.6. The van der Waals surface area contributed by atoms with Crippen molar-refractivity contribution in [3.05, 3.63) is 58.7 Å². The summed E-state index contributed by atoms with van der Waals surface area (Å²) < 4.78 is 23.3. The van der Waals surface area contributed by atoms with Gasteiger partial charge in [-0.25, -0.2) is 0 Å². The van der Waals surface area contributed by atoms with Crippen LogP contribution in [0.5, 0.6) is 17.2 Å². The number of aliphatic hydroxyl groups excluding tert-OH is 1. The second-order valence-electron chi connectivity index (χ2n) is 11.1. The second kappa shape index (κ2) is 13.6. The predicted octanol–water partition coefficient (Wildman–Crippen LogP) is 4.73. The van der Waals surface area contributed by atoms with E-state index >= 15 is 0 Å². The second-order valence-corrected chi connectivity index (χ2v) is 11.1. The third kappa shape index (κ3) is 6.42. The number of likely N-dealkylation sites (tertiary alicyclic amines) is 1. The van der Waals surface area contributed by atoms with Crippen LogP contribution in [0.15, 0.2) is 42.0 Å². The first-order chi connectivity index (χ1) is 20.4. The van der Waals surface area contributed by atoms with Gasteiger partial charge in [-0.1, -0.05) is 25.8 Å². The predicted molar refractivity (Wildman–Crippen MR) is 159 cm³/mol. The Hall–Kier alpha value is -3.56. The number of ketones is 1. The van der Waals surface area contributed by atoms with Gasteiger partial charge in [0.2, 0.25) is 0 Å². The molecule has 0 saturated carbocycles. The van der Waals surface area contributed by atoms with Crippen molar-refractivity contribution >= 4 is 17.4 Å². The van der Waals surface area contributed by atoms with Crippen LogP contribution in [0.25, 0.3) is 5.76 Å². The standard InChI is InChI=1S/C33H42N2O7/c1-4-6-7-16-41-27-11-8-23(21-28(27)40-5-2)30-29(31(36)24-9-10-26-25(20-24)19-22(3)42-26)32(37)33(38)35(30)13-12-34-14-17-39-18-15-34/h8-11,20-22,30,36H,4-7,12-19H2,1-3H3/t22-,30+/m1/s1. The van der Waals surface area contributed by atoms with Gasteiger partial charge in [-0.15, -0.1) is 0 Å². The Kier molecular flexibility index (Phi) is 9.69. The number of nitrogens with zero attached hydrogens (tertiary/aromatic N) is 2. The van der Waals surface area contributed by atoms with Gasteiger partial charge in [-0.2, -0.15) is 0 Å². The topological polar surface area (TPSA) is 97.8 Å². The molecule has 42 heavy (non-hydrogen) atoms. The summed E-state index contributed by atoms with van der Waals surface area (Å²) >= 11 is 0. The summed E-state index contributed by atoms with van der Waals surface area (Å²) in [5.41, 5.74) is 2.21. The van der Waals surface area contributed by atoms with E-state index in [0.29, 0.717) is 68.6 Å². The van der Waals surface area contributed by atoms with E-state index in [1.165, 1.54) is 0 Å². The summed E-state index contributed by atoms with van der Waals surface area (Å²) in [6.45, 7) is 10.8. The first kappa shape index (κ1) is 29.9. The van der Waals surface area contributed by atoms with E-state index in [-0.39, 0.29) is 17.4 Å². The van der Waals surface area contributed by atoms with E-state index < -0.39 is 17.7 Å². The number of hydrogen-bond donors (Lipinski definition) is 1. The molecule has 1 N–H and O–H groups in total. The normalized spacial score (nSPS) is 21.8. The summed E-state index contributed by atoms with van der Waals surface area (Å²) in [4.78, 5) is 30.9. The highest BCUT2D eigenvalue weighted by molar-refractivity contribution is 6.46. The Morgan fingerprint density at radius 3 is 2.57 bits per heavy atom. The molecule has 0 spiro atoms. The molecular weight excluding hydrogens is 536 g/mol. The lowest BCUT2D eigenvalue weighted by atomic mass is 9.94. The lowest BCUT2D eigenvalue weighted by Crippen LogP contribution is -2.42. The fraction of sp³-hybridized carbons (Fsp3) is 0.515. The number of aliphatic hydroxyl groups is 1. The third-order valence-electron chi connectivity index (χ3n) is 8.06. The van der Waals surface area contributed by atoms with Crippen molar-refractivity contribution in [1.82, 2.24) is 9.80 Å². The van der Waals surface area contributed by atoms with Gasteiger partial charge in [-0.05, 0) is 61.7 Å². The minimum Gasteiger partial charge on any atom is -0.507 e. The number of fused-ring (bicyclic) bond motifs is 1. The van der Waals surface area contributed by atoms with Crippen molar-refractivity contribution in [2.45, 2.75) is 58.6 Å². The molecule has 2 aromatic carbocycles. The number of ether oxygens (including phenoxy) is 4. The molecular formula is C33H42N2O7. The van der Waals surface area contributed by atoms with Gasteiger partial charge in [0.25, 0.3) is 11.7 Å². The molecule has 0 bridgehead atoms. The van der Waals surface area contributed by atoms with E-state index in [9.17, 15) is 14.7 Å². The zero-order chi connectivity index (χ0) is 29.6. The van der Waals surface area contributed by atoms with Crippen LogP contribution in [0.1, 0.15) is 62.8 Å². The average molecular weight is 579 g/mol. The highest BCUT2D eigenvalue weighted by Gasteiger charge is 2.46. The molecule has 0 aromatic heterocycles. The number of benzene rings is 2. The maximum absolute atomic E-state index is 13.6. The lowest BCUT2D eigenvalue weighted by molar-refractivity contribution is -0.140. The molecule has 5 rings (SSSR count). The summed E-state index contributed by atoms with van der Waals surface area (Å²) in [6.07, 6.45) is 3.87. The van der Waals surface area contributed by atoms with Crippen molar-refractivity contribution in [3.8, 4) is 17.2 Å². The smallest absolute Gasteiger partial charge is 0.295 e. The Morgan fingerprint density at radius 1 is 1.00 bits per heavy atom. The molecule has 9 heteroatoms. The fourth-order valence-corrected chi connectivity index (χ4v) is 5.87. The van der Waals surface area contributed by atoms with E-state index in [2.05, 4.69) is 11.8 Å². The quantitative estimate of drug-likeness (QED) is 0.167. The van der Waals surface area contributed by atoms with Crippen LogP contribution >= 0.6 is 0 Å². The maximum Gasteiger partial charge on any atom is 0.295 e. The van der Waals surface area contributed by atoms with Crippen molar-refractivity contribution in [1.29, 1.82) is 0 Å². The molecule has 0 unspecified atom stereocenters. The number of unbranched alkanes of at least 4 members (excludes halogenated alkanes) is 2. The molecule has 9 nitrogen and oxygen atoms in total. The van der Waals surface area contributed by atoms with Crippen molar-refractivity contribution in [2.75, 3.05) is 52.6 Å². The number of carbonyl (C=O) groups excluding carboxylic acids is 2. The molecule has 0 radical (unpaired) electrons. The number of hydrogen-bond acceptors (Lipinski definition) is 8. The van der Waals surface area contributed by atoms with Crippen LogP contribution in [0.4, 0.5) is 0 Å². The van der Waals surface area contributed by atoms with Crippen LogP contribution in [-0.2, 0) is 20.7 Å². The Balaban J connectivity index is 1.53. The van der Waals surface area contributed by atoms with Gasteiger partial charge in [0, 0.05) is 38.2 Å². The molecule has 2 saturated heterocycles. The van der Waals surface area contributed by atoms with Crippen molar-refractivity contribution in [2.24, 2.45) is 0 Å². The number of rotatable bonds is 12. The summed E-state index contributed by atoms with van der Waals surface area (Å²) in [5, 5.41) is 11.6. The van der Waals surface area contributed by atoms with Gasteiger partial charge >= 0.3 is 0 Å². The highest BCUT2D eigenvalue weighted by Crippen LogP contribution is 2.43. The molecule has 226 valence electrons. The molecule has 3 aliphatic rings. The number of Topliss-reactive ketones (excluding diaryl/α,β-unsaturated/α-hetero) is 1. The zero-order valence-electron chi connectivity index (χ0n) is 24.9. The van der Waals surface area contributed by atoms with E-state index in [0.717, 1.165) is 43.7 Å². The fourth-order valence-electron chi connectivity index (χ4n) is 5.87. The first-order valence-corrected chi connectivity index (χ1v) is 15.2. The van der Waals surface area contributed by atoms with Gasteiger partial charge in [-0.3, -0.25) is 14.5 Å². The molecule has 2 fully saturated rings. The molecule has 2 atom stereocenters. The summed E-state index contributed by atoms with van der Waals surface area (Å²) in [6, 6.07) is 10.2. The Labute approximate surface area is 248 Å². The minimum atomic E-state index is -0.775. The minimum absolute atomic E-state index is 0.0443. The van der Waals surface area contributed by atoms with E-state index in [1.807, 2.05) is 44.2 Å². The van der Waals surface area contributed by atoms with Gasteiger partial charge in [0.15, 0.2) is 11.5 Å². The first-order valence-electron chi connectivity index (χ1n) is 15.2. The van der Waals surface area contributed by atoms with Gasteiger partial charge in [0.1, 0.15) is 17.6 Å². The van der Waals surface area contributed by atoms with Crippen LogP contribution in [0.2, 0.25) is 0 Å². The van der Waals surface area contributed by atoms with E-state index in [4.69, 9.17) is 18.9 Å². The summed E-state index contributed by atoms with van der Waals surface area (Å²) in [7, 11) is 0. The van der Waals surface area contributed by atoms with Crippen LogP contribution < -0.4 is 14.2 Å². The Morgan fingerprint density at radius 2 is 1.81 bits per heavy atom. The zero-order valence-corrected chi connectivity index (χ0v) is 24.9. The average Bonchev–Trinajstić information content (AvgIpc) is 3.50. The van der Waals surface area contributed by atoms with Gasteiger partial charge < -0.3 is 29.0 Å². The van der Waals surface area contributed by atoms with Crippen LogP contribution in [0.3, 0.4) is 0 Å². The number of morpholine rings is 1. The van der Waals surface area contributed by atoms with Crippen LogP contribution in [0, 0.1) is 0 Å². The SMILES string of the molecule is CCCCCOc1ccc([C@H]2C(=C(O)c3ccc4c(c3)C[C@@H](C)O4)C(=O)C(=O)N2CCN2CCOCC2)cc1OCC. The van der Waals surface area contributed by atoms with Gasteiger partial charge in [0.05, 0.1) is 38.0 Å². The van der Waals surface area contributed by atoms with Crippen molar-refractivity contribution in [3.63, 3.8) is 0 Å². The van der Waals surface area contributed by atoms with Crippen LogP contribution in [-0.4, -0.2) is 85.3 Å². The molecule has 0 aliphatic carbocycles. The number of carbonyl (C=O) groups is 2. The summed E-state index contributed by atoms with van der Waals surface area (Å²) in [5.74, 6) is 0.446. The largest absolute Gasteiger partial charge is 0.507 e.